The fourth-order valence-corrected chi connectivity index (χ4v) is 2.26. The van der Waals surface area contributed by atoms with Crippen molar-refractivity contribution < 1.29 is 4.74 Å². The number of methoxy groups -OCH3 is 1. The Bertz CT molecular complexity index is 718. The van der Waals surface area contributed by atoms with Gasteiger partial charge in [-0.2, -0.15) is 5.10 Å². The molecule has 0 spiro atoms. The Morgan fingerprint density at radius 3 is 2.38 bits per heavy atom. The van der Waals surface area contributed by atoms with Gasteiger partial charge in [0.2, 0.25) is 0 Å². The summed E-state index contributed by atoms with van der Waals surface area (Å²) in [5, 5.41) is 4.58. The molecule has 4 heteroatoms. The van der Waals surface area contributed by atoms with Crippen LogP contribution in [0.4, 0.5) is 0 Å². The lowest BCUT2D eigenvalue weighted by Crippen LogP contribution is -2.01. The van der Waals surface area contributed by atoms with Crippen molar-refractivity contribution in [3.63, 3.8) is 0 Å². The van der Waals surface area contributed by atoms with E-state index in [0.29, 0.717) is 6.54 Å². The van der Waals surface area contributed by atoms with E-state index in [-0.39, 0.29) is 0 Å². The van der Waals surface area contributed by atoms with Crippen LogP contribution in [0.25, 0.3) is 16.9 Å². The number of benzene rings is 2. The Morgan fingerprint density at radius 2 is 1.76 bits per heavy atom. The average Bonchev–Trinajstić information content (AvgIpc) is 3.00. The van der Waals surface area contributed by atoms with Crippen molar-refractivity contribution in [2.24, 2.45) is 5.73 Å². The van der Waals surface area contributed by atoms with E-state index in [4.69, 9.17) is 10.5 Å². The highest BCUT2D eigenvalue weighted by Gasteiger charge is 2.10. The predicted molar refractivity (Wildman–Crippen MR) is 83.4 cm³/mol. The van der Waals surface area contributed by atoms with Gasteiger partial charge in [0.05, 0.1) is 24.2 Å². The molecule has 0 saturated heterocycles. The second-order valence-corrected chi connectivity index (χ2v) is 4.70. The van der Waals surface area contributed by atoms with E-state index in [0.717, 1.165) is 28.4 Å². The summed E-state index contributed by atoms with van der Waals surface area (Å²) in [5.41, 5.74) is 9.72. The van der Waals surface area contributed by atoms with Gasteiger partial charge in [-0.15, -0.1) is 0 Å². The molecule has 0 aliphatic heterocycles. The van der Waals surface area contributed by atoms with E-state index in [1.165, 1.54) is 0 Å². The molecule has 21 heavy (non-hydrogen) atoms. The van der Waals surface area contributed by atoms with Gasteiger partial charge in [0, 0.05) is 12.1 Å². The fraction of sp³-hybridized carbons (Fsp3) is 0.118. The number of nitrogens with two attached hydrogens (primary N) is 1. The minimum Gasteiger partial charge on any atom is -0.497 e. The Labute approximate surface area is 123 Å². The maximum absolute atomic E-state index is 5.74. The zero-order valence-corrected chi connectivity index (χ0v) is 11.9. The van der Waals surface area contributed by atoms with Crippen LogP contribution in [0.2, 0.25) is 0 Å². The molecule has 0 bridgehead atoms. The number of nitrogens with zero attached hydrogens (tertiary/aromatic N) is 2. The lowest BCUT2D eigenvalue weighted by atomic mass is 10.1. The maximum Gasteiger partial charge on any atom is 0.119 e. The average molecular weight is 279 g/mol. The monoisotopic (exact) mass is 279 g/mol. The van der Waals surface area contributed by atoms with Crippen molar-refractivity contribution >= 4 is 0 Å². The highest BCUT2D eigenvalue weighted by atomic mass is 16.5. The first-order valence-corrected chi connectivity index (χ1v) is 6.80. The molecular formula is C17H17N3O. The van der Waals surface area contributed by atoms with Gasteiger partial charge in [0.1, 0.15) is 5.75 Å². The molecule has 0 saturated carbocycles. The third-order valence-corrected chi connectivity index (χ3v) is 3.36. The third kappa shape index (κ3) is 2.66. The molecule has 0 amide bonds. The van der Waals surface area contributed by atoms with Crippen molar-refractivity contribution in [1.29, 1.82) is 0 Å². The van der Waals surface area contributed by atoms with Crippen molar-refractivity contribution in [3.05, 3.63) is 66.4 Å². The molecule has 3 rings (SSSR count). The quantitative estimate of drug-likeness (QED) is 0.798. The molecular weight excluding hydrogens is 262 g/mol. The molecule has 106 valence electrons. The number of hydrogen-bond acceptors (Lipinski definition) is 3. The van der Waals surface area contributed by atoms with E-state index in [1.807, 2.05) is 53.2 Å². The van der Waals surface area contributed by atoms with Crippen LogP contribution < -0.4 is 10.5 Å². The van der Waals surface area contributed by atoms with Gasteiger partial charge in [-0.1, -0.05) is 30.3 Å². The van der Waals surface area contributed by atoms with Crippen LogP contribution in [0.5, 0.6) is 5.75 Å². The first-order valence-electron chi connectivity index (χ1n) is 6.80. The number of hydrogen-bond donors (Lipinski definition) is 1. The Hall–Kier alpha value is -2.59. The summed E-state index contributed by atoms with van der Waals surface area (Å²) in [5.74, 6) is 0.825. The molecule has 2 aromatic carbocycles. The summed E-state index contributed by atoms with van der Waals surface area (Å²) in [7, 11) is 1.66. The molecule has 0 atom stereocenters. The van der Waals surface area contributed by atoms with Gasteiger partial charge in [-0.25, -0.2) is 4.68 Å². The predicted octanol–water partition coefficient (Wildman–Crippen LogP) is 3.01. The smallest absolute Gasteiger partial charge is 0.119 e. The van der Waals surface area contributed by atoms with E-state index in [2.05, 4.69) is 17.2 Å². The maximum atomic E-state index is 5.74. The van der Waals surface area contributed by atoms with Crippen LogP contribution in [0, 0.1) is 0 Å². The van der Waals surface area contributed by atoms with Gasteiger partial charge in [-0.3, -0.25) is 0 Å². The summed E-state index contributed by atoms with van der Waals surface area (Å²) in [6, 6.07) is 20.0. The normalized spacial score (nSPS) is 10.6. The van der Waals surface area contributed by atoms with Gasteiger partial charge in [-0.05, 0) is 30.3 Å². The van der Waals surface area contributed by atoms with Crippen LogP contribution >= 0.6 is 0 Å². The lowest BCUT2D eigenvalue weighted by Gasteiger charge is -2.08. The molecule has 0 radical (unpaired) electrons. The van der Waals surface area contributed by atoms with Crippen molar-refractivity contribution in [3.8, 4) is 22.7 Å². The Kier molecular flexibility index (Phi) is 3.71. The van der Waals surface area contributed by atoms with Crippen LogP contribution in [0.15, 0.2) is 60.7 Å². The fourth-order valence-electron chi connectivity index (χ4n) is 2.26. The number of ether oxygens (including phenoxy) is 1. The highest BCUT2D eigenvalue weighted by Crippen LogP contribution is 2.24. The summed E-state index contributed by atoms with van der Waals surface area (Å²) in [6.45, 7) is 0.420. The van der Waals surface area contributed by atoms with Crippen molar-refractivity contribution in [2.75, 3.05) is 7.11 Å². The zero-order chi connectivity index (χ0) is 14.7. The molecule has 1 heterocycles. The van der Waals surface area contributed by atoms with E-state index in [1.54, 1.807) is 7.11 Å². The zero-order valence-electron chi connectivity index (χ0n) is 11.9. The lowest BCUT2D eigenvalue weighted by molar-refractivity contribution is 0.414. The van der Waals surface area contributed by atoms with E-state index < -0.39 is 0 Å². The molecule has 1 aromatic heterocycles. The number of aromatic nitrogens is 2. The second kappa shape index (κ2) is 5.81. The molecule has 2 N–H and O–H groups in total. The van der Waals surface area contributed by atoms with Crippen LogP contribution in [0.3, 0.4) is 0 Å². The van der Waals surface area contributed by atoms with E-state index in [9.17, 15) is 0 Å². The summed E-state index contributed by atoms with van der Waals surface area (Å²) in [6.07, 6.45) is 0. The minimum atomic E-state index is 0.420. The second-order valence-electron chi connectivity index (χ2n) is 4.70. The largest absolute Gasteiger partial charge is 0.497 e. The number of rotatable bonds is 4. The highest BCUT2D eigenvalue weighted by molar-refractivity contribution is 5.62. The van der Waals surface area contributed by atoms with Crippen LogP contribution in [0.1, 0.15) is 5.69 Å². The van der Waals surface area contributed by atoms with Crippen LogP contribution in [-0.2, 0) is 6.54 Å². The molecule has 0 aliphatic carbocycles. The standard InChI is InChI=1S/C17H17N3O/c1-21-16-9-7-15(8-10-16)20-17(11-14(12-18)19-20)13-5-3-2-4-6-13/h2-11H,12,18H2,1H3. The first kappa shape index (κ1) is 13.4. The van der Waals surface area contributed by atoms with Gasteiger partial charge < -0.3 is 10.5 Å². The van der Waals surface area contributed by atoms with Crippen molar-refractivity contribution in [2.45, 2.75) is 6.54 Å². The SMILES string of the molecule is COc1ccc(-n2nc(CN)cc2-c2ccccc2)cc1. The summed E-state index contributed by atoms with van der Waals surface area (Å²) in [4.78, 5) is 0. The minimum absolute atomic E-state index is 0.420. The van der Waals surface area contributed by atoms with Gasteiger partial charge in [0.15, 0.2) is 0 Å². The molecule has 0 unspecified atom stereocenters. The Balaban J connectivity index is 2.10. The molecule has 3 aromatic rings. The topological polar surface area (TPSA) is 53.1 Å². The van der Waals surface area contributed by atoms with Crippen molar-refractivity contribution in [1.82, 2.24) is 9.78 Å². The summed E-state index contributed by atoms with van der Waals surface area (Å²) < 4.78 is 7.11. The molecule has 0 fully saturated rings. The third-order valence-electron chi connectivity index (χ3n) is 3.36. The molecule has 4 nitrogen and oxygen atoms in total. The van der Waals surface area contributed by atoms with Gasteiger partial charge >= 0.3 is 0 Å². The van der Waals surface area contributed by atoms with Gasteiger partial charge in [0.25, 0.3) is 0 Å². The first-order chi connectivity index (χ1) is 10.3. The Morgan fingerprint density at radius 1 is 1.05 bits per heavy atom. The van der Waals surface area contributed by atoms with E-state index >= 15 is 0 Å². The molecule has 0 aliphatic rings. The summed E-state index contributed by atoms with van der Waals surface area (Å²) >= 11 is 0. The van der Waals surface area contributed by atoms with Crippen LogP contribution in [-0.4, -0.2) is 16.9 Å².